The van der Waals surface area contributed by atoms with Crippen LogP contribution in [0.4, 0.5) is 0 Å². The maximum Gasteiger partial charge on any atom is 0.320 e. The third-order valence-electron chi connectivity index (χ3n) is 3.65. The van der Waals surface area contributed by atoms with Crippen molar-refractivity contribution in [1.82, 2.24) is 4.90 Å². The van der Waals surface area contributed by atoms with Gasteiger partial charge in [0.05, 0.1) is 0 Å². The van der Waals surface area contributed by atoms with E-state index in [1.165, 1.54) is 4.90 Å². The van der Waals surface area contributed by atoms with Crippen LogP contribution in [0.5, 0.6) is 0 Å². The second-order valence-corrected chi connectivity index (χ2v) is 24.1. The van der Waals surface area contributed by atoms with E-state index in [0.29, 0.717) is 31.9 Å². The van der Waals surface area contributed by atoms with Gasteiger partial charge in [0.15, 0.2) is 8.32 Å². The van der Waals surface area contributed by atoms with Crippen LogP contribution >= 0.6 is 0 Å². The number of nitrogens with zero attached hydrogens (tertiary/aromatic N) is 1. The number of carbonyl (C=O) groups excluding carboxylic acids is 2. The second-order valence-electron chi connectivity index (χ2n) is 8.94. The van der Waals surface area contributed by atoms with E-state index in [1.807, 2.05) is 19.6 Å². The largest absolute Gasteiger partial charge is 0.437 e. The molecule has 26 heavy (non-hydrogen) atoms. The minimum absolute atomic E-state index is 0.0866. The van der Waals surface area contributed by atoms with Crippen LogP contribution in [0.2, 0.25) is 58.4 Å². The molecule has 7 nitrogen and oxygen atoms in total. The van der Waals surface area contributed by atoms with E-state index in [1.54, 1.807) is 13.1 Å². The van der Waals surface area contributed by atoms with Crippen LogP contribution in [0.15, 0.2) is 0 Å². The lowest BCUT2D eigenvalue weighted by molar-refractivity contribution is -0.138. The van der Waals surface area contributed by atoms with Crippen molar-refractivity contribution >= 4 is 45.8 Å². The van der Waals surface area contributed by atoms with Gasteiger partial charge in [-0.1, -0.05) is 0 Å². The van der Waals surface area contributed by atoms with Gasteiger partial charge in [0.1, 0.15) is 0 Å². The van der Waals surface area contributed by atoms with Gasteiger partial charge in [-0.3, -0.25) is 14.5 Å². The Bertz CT molecular complexity index is 515. The Morgan fingerprint density at radius 1 is 0.885 bits per heavy atom. The van der Waals surface area contributed by atoms with Crippen LogP contribution in [0.3, 0.4) is 0 Å². The van der Waals surface area contributed by atoms with Crippen LogP contribution in [0.1, 0.15) is 19.3 Å². The molecule has 1 N–H and O–H groups in total. The summed E-state index contributed by atoms with van der Waals surface area (Å²) in [5.74, 6) is -0.173. The maximum atomic E-state index is 11.8. The molecule has 1 unspecified atom stereocenters. The molecule has 1 saturated heterocycles. The fourth-order valence-corrected chi connectivity index (χ4v) is 20.2. The van der Waals surface area contributed by atoms with Gasteiger partial charge in [-0.25, -0.2) is 0 Å². The molecule has 2 amide bonds. The van der Waals surface area contributed by atoms with E-state index in [4.69, 9.17) is 12.3 Å². The van der Waals surface area contributed by atoms with Crippen molar-refractivity contribution in [3.63, 3.8) is 0 Å². The standard InChI is InChI=1S/C15H35NO6Si4/c1-23(2,3)20-26(8,22-25(6,7)21-24(4,5)19)13-9-12-16-14(17)10-11-15(16)18/h19H,9-13H2,1-8H3. The highest BCUT2D eigenvalue weighted by atomic mass is 28.5. The lowest BCUT2D eigenvalue weighted by atomic mass is 10.4. The summed E-state index contributed by atoms with van der Waals surface area (Å²) in [6.45, 7) is 16.1. The van der Waals surface area contributed by atoms with Gasteiger partial charge in [-0.2, -0.15) is 0 Å². The predicted molar refractivity (Wildman–Crippen MR) is 111 cm³/mol. The molecule has 0 aliphatic carbocycles. The van der Waals surface area contributed by atoms with Gasteiger partial charge < -0.3 is 17.1 Å². The van der Waals surface area contributed by atoms with E-state index >= 15 is 0 Å². The molecule has 1 fully saturated rings. The minimum atomic E-state index is -2.70. The zero-order valence-corrected chi connectivity index (χ0v) is 21.5. The van der Waals surface area contributed by atoms with Crippen molar-refractivity contribution < 1.29 is 26.7 Å². The Morgan fingerprint density at radius 3 is 1.81 bits per heavy atom. The Hall–Kier alpha value is -0.152. The average Bonchev–Trinajstić information content (AvgIpc) is 2.63. The fraction of sp³-hybridized carbons (Fsp3) is 0.867. The first kappa shape index (κ1) is 23.9. The molecule has 1 heterocycles. The number of imide groups is 1. The smallest absolute Gasteiger partial charge is 0.320 e. The molecule has 11 heteroatoms. The highest BCUT2D eigenvalue weighted by Gasteiger charge is 2.45. The summed E-state index contributed by atoms with van der Waals surface area (Å²) in [5.41, 5.74) is 0. The number of hydrogen-bond acceptors (Lipinski definition) is 6. The molecule has 152 valence electrons. The topological polar surface area (TPSA) is 85.3 Å². The lowest BCUT2D eigenvalue weighted by Crippen LogP contribution is -2.57. The van der Waals surface area contributed by atoms with E-state index in [9.17, 15) is 14.4 Å². The number of amides is 2. The molecule has 0 aromatic carbocycles. The maximum absolute atomic E-state index is 11.8. The van der Waals surface area contributed by atoms with Crippen LogP contribution in [-0.2, 0) is 21.9 Å². The summed E-state index contributed by atoms with van der Waals surface area (Å²) in [7, 11) is -9.69. The third-order valence-corrected chi connectivity index (χ3v) is 16.7. The summed E-state index contributed by atoms with van der Waals surface area (Å²) >= 11 is 0. The Balaban J connectivity index is 2.79. The first-order chi connectivity index (χ1) is 11.5. The van der Waals surface area contributed by atoms with Crippen LogP contribution in [0, 0.1) is 0 Å². The van der Waals surface area contributed by atoms with Crippen molar-refractivity contribution in [3.05, 3.63) is 0 Å². The van der Waals surface area contributed by atoms with Crippen molar-refractivity contribution in [2.75, 3.05) is 6.54 Å². The minimum Gasteiger partial charge on any atom is -0.437 e. The Morgan fingerprint density at radius 2 is 1.38 bits per heavy atom. The zero-order valence-electron chi connectivity index (χ0n) is 17.5. The number of hydrogen-bond donors (Lipinski definition) is 1. The Labute approximate surface area is 161 Å². The first-order valence-electron chi connectivity index (χ1n) is 9.18. The zero-order chi connectivity index (χ0) is 20.4. The van der Waals surface area contributed by atoms with Gasteiger partial charge in [0, 0.05) is 19.4 Å². The first-order valence-corrected chi connectivity index (χ1v) is 20.8. The molecule has 0 aromatic rings. The quantitative estimate of drug-likeness (QED) is 0.418. The number of carbonyl (C=O) groups is 2. The van der Waals surface area contributed by atoms with E-state index < -0.39 is 34.0 Å². The van der Waals surface area contributed by atoms with E-state index in [0.717, 1.165) is 0 Å². The molecule has 0 spiro atoms. The van der Waals surface area contributed by atoms with Gasteiger partial charge in [-0.15, -0.1) is 0 Å². The molecule has 1 aliphatic rings. The highest BCUT2D eigenvalue weighted by Crippen LogP contribution is 2.27. The Kier molecular flexibility index (Phi) is 7.78. The summed E-state index contributed by atoms with van der Waals surface area (Å²) in [5, 5.41) is 0. The van der Waals surface area contributed by atoms with Crippen molar-refractivity contribution in [2.24, 2.45) is 0 Å². The average molecular weight is 438 g/mol. The molecule has 1 rings (SSSR count). The summed E-state index contributed by atoms with van der Waals surface area (Å²) in [6, 6.07) is 0.682. The monoisotopic (exact) mass is 437 g/mol. The third kappa shape index (κ3) is 8.69. The molecule has 0 bridgehead atoms. The molecule has 0 aromatic heterocycles. The number of rotatable bonds is 10. The van der Waals surface area contributed by atoms with E-state index in [-0.39, 0.29) is 11.8 Å². The summed E-state index contributed by atoms with van der Waals surface area (Å²) in [6.07, 6.45) is 1.30. The van der Waals surface area contributed by atoms with E-state index in [2.05, 4.69) is 19.6 Å². The number of likely N-dealkylation sites (tertiary alicyclic amines) is 1. The summed E-state index contributed by atoms with van der Waals surface area (Å²) < 4.78 is 18.8. The van der Waals surface area contributed by atoms with Crippen molar-refractivity contribution in [1.29, 1.82) is 0 Å². The molecular weight excluding hydrogens is 403 g/mol. The lowest BCUT2D eigenvalue weighted by Gasteiger charge is -2.40. The second kappa shape index (κ2) is 8.47. The van der Waals surface area contributed by atoms with Crippen molar-refractivity contribution in [2.45, 2.75) is 77.7 Å². The van der Waals surface area contributed by atoms with Gasteiger partial charge in [0.2, 0.25) is 11.8 Å². The van der Waals surface area contributed by atoms with Gasteiger partial charge in [-0.05, 0) is 64.8 Å². The van der Waals surface area contributed by atoms with Crippen LogP contribution in [0.25, 0.3) is 0 Å². The predicted octanol–water partition coefficient (Wildman–Crippen LogP) is 2.88. The van der Waals surface area contributed by atoms with Crippen LogP contribution < -0.4 is 0 Å². The van der Waals surface area contributed by atoms with Gasteiger partial charge in [0.25, 0.3) is 0 Å². The highest BCUT2D eigenvalue weighted by molar-refractivity contribution is 6.88. The van der Waals surface area contributed by atoms with Gasteiger partial charge >= 0.3 is 25.7 Å². The molecule has 1 atom stereocenters. The molecule has 0 radical (unpaired) electrons. The molecule has 1 aliphatic heterocycles. The van der Waals surface area contributed by atoms with Crippen molar-refractivity contribution in [3.8, 4) is 0 Å². The fourth-order valence-electron chi connectivity index (χ4n) is 3.34. The van der Waals surface area contributed by atoms with Crippen LogP contribution in [-0.4, -0.2) is 62.1 Å². The molecular formula is C15H35NO6Si4. The normalized spacial score (nSPS) is 19.2. The SMILES string of the molecule is C[Si](C)(C)O[Si](C)(CCCN1C(=O)CCC1=O)O[Si](C)(C)O[Si](C)(C)O. The molecule has 0 saturated carbocycles. The summed E-state index contributed by atoms with van der Waals surface area (Å²) in [4.78, 5) is 35.0.